The van der Waals surface area contributed by atoms with Gasteiger partial charge in [-0.15, -0.1) is 0 Å². The average Bonchev–Trinajstić information content (AvgIpc) is 2.50. The number of halogens is 1. The van der Waals surface area contributed by atoms with Gasteiger partial charge in [-0.2, -0.15) is 0 Å². The van der Waals surface area contributed by atoms with Crippen LogP contribution >= 0.6 is 0 Å². The summed E-state index contributed by atoms with van der Waals surface area (Å²) >= 11 is 0. The Balaban J connectivity index is 1.87. The molecule has 0 heterocycles. The van der Waals surface area contributed by atoms with E-state index in [4.69, 9.17) is 0 Å². The molecule has 2 rings (SSSR count). The highest BCUT2D eigenvalue weighted by Gasteiger charge is 2.33. The van der Waals surface area contributed by atoms with Crippen LogP contribution in [0.15, 0.2) is 24.3 Å². The van der Waals surface area contributed by atoms with Crippen LogP contribution < -0.4 is 10.6 Å². The number of rotatable bonds is 5. The topological polar surface area (TPSA) is 61.4 Å². The van der Waals surface area contributed by atoms with E-state index in [1.807, 2.05) is 0 Å². The summed E-state index contributed by atoms with van der Waals surface area (Å²) < 4.78 is 13.5. The number of aliphatic hydroxyl groups excluding tert-OH is 1. The second-order valence-electron chi connectivity index (χ2n) is 6.00. The van der Waals surface area contributed by atoms with E-state index < -0.39 is 5.82 Å². The van der Waals surface area contributed by atoms with Crippen molar-refractivity contribution in [1.29, 1.82) is 0 Å². The van der Waals surface area contributed by atoms with Crippen LogP contribution in [0.5, 0.6) is 0 Å². The number of carbonyl (C=O) groups excluding carboxylic acids is 1. The van der Waals surface area contributed by atoms with E-state index in [1.54, 1.807) is 12.1 Å². The minimum absolute atomic E-state index is 0.0205. The summed E-state index contributed by atoms with van der Waals surface area (Å²) in [7, 11) is 0. The first-order valence-corrected chi connectivity index (χ1v) is 7.45. The van der Waals surface area contributed by atoms with Gasteiger partial charge in [0.2, 0.25) is 5.91 Å². The third-order valence-electron chi connectivity index (χ3n) is 4.31. The lowest BCUT2D eigenvalue weighted by molar-refractivity contribution is -0.116. The van der Waals surface area contributed by atoms with Crippen LogP contribution in [0.2, 0.25) is 0 Å². The van der Waals surface area contributed by atoms with Gasteiger partial charge in [-0.25, -0.2) is 4.39 Å². The van der Waals surface area contributed by atoms with Crippen molar-refractivity contribution in [2.75, 3.05) is 18.5 Å². The van der Waals surface area contributed by atoms with Gasteiger partial charge < -0.3 is 15.7 Å². The van der Waals surface area contributed by atoms with Gasteiger partial charge in [-0.1, -0.05) is 19.1 Å². The second kappa shape index (κ2) is 7.00. The highest BCUT2D eigenvalue weighted by atomic mass is 19.1. The fourth-order valence-corrected chi connectivity index (χ4v) is 2.73. The smallest absolute Gasteiger partial charge is 0.238 e. The number of carbonyl (C=O) groups is 1. The highest BCUT2D eigenvalue weighted by Crippen LogP contribution is 2.31. The first-order valence-electron chi connectivity index (χ1n) is 7.45. The predicted molar refractivity (Wildman–Crippen MR) is 80.5 cm³/mol. The summed E-state index contributed by atoms with van der Waals surface area (Å²) in [5, 5.41) is 15.3. The first-order chi connectivity index (χ1) is 10.0. The summed E-state index contributed by atoms with van der Waals surface area (Å²) in [5.74, 6) is -0.0838. The average molecular weight is 294 g/mol. The van der Waals surface area contributed by atoms with Gasteiger partial charge >= 0.3 is 0 Å². The molecule has 1 aromatic rings. The summed E-state index contributed by atoms with van der Waals surface area (Å²) in [6.07, 6.45) is 3.81. The normalized spacial score (nSPS) is 25.6. The van der Waals surface area contributed by atoms with Gasteiger partial charge in [0.1, 0.15) is 5.82 Å². The molecular formula is C16H23FN2O2. The Labute approximate surface area is 124 Å². The molecule has 0 spiro atoms. The molecule has 0 radical (unpaired) electrons. The largest absolute Gasteiger partial charge is 0.394 e. The SMILES string of the molecule is CC1CCC(CO)(NCC(=O)Nc2ccccc2F)CC1. The minimum atomic E-state index is -0.450. The van der Waals surface area contributed by atoms with Gasteiger partial charge in [-0.05, 0) is 43.7 Å². The van der Waals surface area contributed by atoms with Crippen LogP contribution in [0.4, 0.5) is 10.1 Å². The van der Waals surface area contributed by atoms with E-state index in [0.717, 1.165) is 25.7 Å². The number of nitrogens with one attached hydrogen (secondary N) is 2. The maximum Gasteiger partial charge on any atom is 0.238 e. The van der Waals surface area contributed by atoms with Gasteiger partial charge in [0, 0.05) is 5.54 Å². The van der Waals surface area contributed by atoms with E-state index in [-0.39, 0.29) is 30.3 Å². The Morgan fingerprint density at radius 3 is 2.67 bits per heavy atom. The molecule has 0 unspecified atom stereocenters. The molecule has 116 valence electrons. The maximum atomic E-state index is 13.5. The summed E-state index contributed by atoms with van der Waals surface area (Å²) in [6.45, 7) is 2.29. The van der Waals surface area contributed by atoms with Crippen molar-refractivity contribution in [2.24, 2.45) is 5.92 Å². The zero-order valence-electron chi connectivity index (χ0n) is 12.4. The second-order valence-corrected chi connectivity index (χ2v) is 6.00. The van der Waals surface area contributed by atoms with Crippen LogP contribution in [0.3, 0.4) is 0 Å². The van der Waals surface area contributed by atoms with Crippen LogP contribution in [-0.2, 0) is 4.79 Å². The van der Waals surface area contributed by atoms with E-state index >= 15 is 0 Å². The van der Waals surface area contributed by atoms with Gasteiger partial charge in [-0.3, -0.25) is 4.79 Å². The molecular weight excluding hydrogens is 271 g/mol. The lowest BCUT2D eigenvalue weighted by Crippen LogP contribution is -2.53. The molecule has 0 aliphatic heterocycles. The number of anilines is 1. The Bertz CT molecular complexity index is 485. The van der Waals surface area contributed by atoms with Crippen molar-refractivity contribution < 1.29 is 14.3 Å². The van der Waals surface area contributed by atoms with E-state index in [2.05, 4.69) is 17.6 Å². The quantitative estimate of drug-likeness (QED) is 0.781. The minimum Gasteiger partial charge on any atom is -0.394 e. The van der Waals surface area contributed by atoms with Gasteiger partial charge in [0.15, 0.2) is 0 Å². The van der Waals surface area contributed by atoms with Gasteiger partial charge in [0.25, 0.3) is 0 Å². The highest BCUT2D eigenvalue weighted by molar-refractivity contribution is 5.92. The van der Waals surface area contributed by atoms with E-state index in [1.165, 1.54) is 12.1 Å². The zero-order valence-corrected chi connectivity index (χ0v) is 12.4. The van der Waals surface area contributed by atoms with E-state index in [9.17, 15) is 14.3 Å². The zero-order chi connectivity index (χ0) is 15.3. The Hall–Kier alpha value is -1.46. The number of benzene rings is 1. The lowest BCUT2D eigenvalue weighted by atomic mass is 9.77. The lowest BCUT2D eigenvalue weighted by Gasteiger charge is -2.38. The molecule has 0 aromatic heterocycles. The van der Waals surface area contributed by atoms with Crippen molar-refractivity contribution in [3.8, 4) is 0 Å². The summed E-state index contributed by atoms with van der Waals surface area (Å²) in [6, 6.07) is 6.08. The van der Waals surface area contributed by atoms with Crippen molar-refractivity contribution in [1.82, 2.24) is 5.32 Å². The van der Waals surface area contributed by atoms with Crippen LogP contribution in [-0.4, -0.2) is 29.7 Å². The Morgan fingerprint density at radius 2 is 2.05 bits per heavy atom. The Kier molecular flexibility index (Phi) is 5.31. The van der Waals surface area contributed by atoms with Crippen LogP contribution in [0.25, 0.3) is 0 Å². The number of aliphatic hydroxyl groups is 1. The van der Waals surface area contributed by atoms with E-state index in [0.29, 0.717) is 5.92 Å². The van der Waals surface area contributed by atoms with Crippen molar-refractivity contribution in [3.63, 3.8) is 0 Å². The first kappa shape index (κ1) is 15.9. The molecule has 1 fully saturated rings. The molecule has 0 bridgehead atoms. The molecule has 1 amide bonds. The molecule has 21 heavy (non-hydrogen) atoms. The Morgan fingerprint density at radius 1 is 1.38 bits per heavy atom. The molecule has 1 aliphatic rings. The fourth-order valence-electron chi connectivity index (χ4n) is 2.73. The fraction of sp³-hybridized carbons (Fsp3) is 0.562. The van der Waals surface area contributed by atoms with Crippen LogP contribution in [0, 0.1) is 11.7 Å². The molecule has 3 N–H and O–H groups in total. The third-order valence-corrected chi connectivity index (χ3v) is 4.31. The van der Waals surface area contributed by atoms with Crippen molar-refractivity contribution >= 4 is 11.6 Å². The molecule has 0 saturated heterocycles. The monoisotopic (exact) mass is 294 g/mol. The summed E-state index contributed by atoms with van der Waals surface area (Å²) in [5.41, 5.74) is -0.196. The molecule has 0 atom stereocenters. The van der Waals surface area contributed by atoms with Crippen molar-refractivity contribution in [2.45, 2.75) is 38.1 Å². The molecule has 1 aromatic carbocycles. The number of para-hydroxylation sites is 1. The molecule has 5 heteroatoms. The third kappa shape index (κ3) is 4.25. The van der Waals surface area contributed by atoms with Gasteiger partial charge in [0.05, 0.1) is 18.8 Å². The number of hydrogen-bond acceptors (Lipinski definition) is 3. The maximum absolute atomic E-state index is 13.5. The molecule has 1 saturated carbocycles. The standard InChI is InChI=1S/C16H23FN2O2/c1-12-6-8-16(11-20,9-7-12)18-10-15(21)19-14-5-3-2-4-13(14)17/h2-5,12,18,20H,6-11H2,1H3,(H,19,21). The predicted octanol–water partition coefficient (Wildman–Crippen LogP) is 2.29. The number of amides is 1. The molecule has 4 nitrogen and oxygen atoms in total. The molecule has 1 aliphatic carbocycles. The van der Waals surface area contributed by atoms with Crippen molar-refractivity contribution in [3.05, 3.63) is 30.1 Å². The number of hydrogen-bond donors (Lipinski definition) is 3. The summed E-state index contributed by atoms with van der Waals surface area (Å²) in [4.78, 5) is 11.9. The van der Waals surface area contributed by atoms with Crippen LogP contribution in [0.1, 0.15) is 32.6 Å².